The zero-order valence-electron chi connectivity index (χ0n) is 12.9. The molecule has 5 atom stereocenters. The van der Waals surface area contributed by atoms with Crippen molar-refractivity contribution in [3.8, 4) is 0 Å². The zero-order chi connectivity index (χ0) is 14.1. The molecule has 1 amide bonds. The van der Waals surface area contributed by atoms with E-state index in [0.717, 1.165) is 31.7 Å². The van der Waals surface area contributed by atoms with Gasteiger partial charge in [0.2, 0.25) is 5.91 Å². The van der Waals surface area contributed by atoms with Gasteiger partial charge in [0, 0.05) is 24.5 Å². The lowest BCUT2D eigenvalue weighted by molar-refractivity contribution is -0.145. The Bertz CT molecular complexity index is 355. The van der Waals surface area contributed by atoms with E-state index in [0.29, 0.717) is 23.9 Å². The molecule has 114 valence electrons. The van der Waals surface area contributed by atoms with Gasteiger partial charge in [0.1, 0.15) is 0 Å². The Morgan fingerprint density at radius 1 is 1.05 bits per heavy atom. The molecule has 3 heteroatoms. The van der Waals surface area contributed by atoms with E-state index < -0.39 is 0 Å². The molecule has 20 heavy (non-hydrogen) atoms. The van der Waals surface area contributed by atoms with Gasteiger partial charge in [-0.3, -0.25) is 4.79 Å². The van der Waals surface area contributed by atoms with Crippen LogP contribution in [0.4, 0.5) is 0 Å². The predicted molar refractivity (Wildman–Crippen MR) is 81.2 cm³/mol. The SMILES string of the molecule is CC1CC(N)CCC1C(=O)N1CCC[C@H]2CCCC[C@H]21. The summed E-state index contributed by atoms with van der Waals surface area (Å²) in [6, 6.07) is 0.880. The molecule has 1 aliphatic heterocycles. The van der Waals surface area contributed by atoms with E-state index in [1.165, 1.54) is 38.5 Å². The number of nitrogens with zero attached hydrogens (tertiary/aromatic N) is 1. The number of rotatable bonds is 1. The highest BCUT2D eigenvalue weighted by Gasteiger charge is 2.40. The maximum atomic E-state index is 13.0. The molecule has 1 saturated heterocycles. The average molecular weight is 278 g/mol. The summed E-state index contributed by atoms with van der Waals surface area (Å²) >= 11 is 0. The van der Waals surface area contributed by atoms with Gasteiger partial charge in [-0.05, 0) is 56.8 Å². The smallest absolute Gasteiger partial charge is 0.226 e. The van der Waals surface area contributed by atoms with Crippen LogP contribution >= 0.6 is 0 Å². The zero-order valence-corrected chi connectivity index (χ0v) is 12.9. The van der Waals surface area contributed by atoms with Gasteiger partial charge in [-0.15, -0.1) is 0 Å². The van der Waals surface area contributed by atoms with Gasteiger partial charge in [0.05, 0.1) is 0 Å². The number of carbonyl (C=O) groups excluding carboxylic acids is 1. The third-order valence-electron chi connectivity index (χ3n) is 6.05. The van der Waals surface area contributed by atoms with Crippen LogP contribution < -0.4 is 5.73 Å². The molecule has 0 spiro atoms. The topological polar surface area (TPSA) is 46.3 Å². The molecule has 3 unspecified atom stereocenters. The number of amides is 1. The van der Waals surface area contributed by atoms with Crippen molar-refractivity contribution in [1.82, 2.24) is 4.90 Å². The number of hydrogen-bond acceptors (Lipinski definition) is 2. The molecule has 0 aromatic heterocycles. The lowest BCUT2D eigenvalue weighted by Crippen LogP contribution is -2.53. The van der Waals surface area contributed by atoms with Crippen LogP contribution in [-0.4, -0.2) is 29.4 Å². The first-order valence-corrected chi connectivity index (χ1v) is 8.73. The van der Waals surface area contributed by atoms with Gasteiger partial charge in [-0.1, -0.05) is 19.8 Å². The number of hydrogen-bond donors (Lipinski definition) is 1. The van der Waals surface area contributed by atoms with E-state index in [-0.39, 0.29) is 5.92 Å². The summed E-state index contributed by atoms with van der Waals surface area (Å²) in [7, 11) is 0. The van der Waals surface area contributed by atoms with Gasteiger partial charge in [-0.2, -0.15) is 0 Å². The quantitative estimate of drug-likeness (QED) is 0.801. The standard InChI is InChI=1S/C17H30N2O/c1-12-11-14(18)8-9-15(12)17(20)19-10-4-6-13-5-2-3-7-16(13)19/h12-16H,2-11,18H2,1H3/t12?,13-,14?,15?,16-/m1/s1. The van der Waals surface area contributed by atoms with Crippen molar-refractivity contribution in [1.29, 1.82) is 0 Å². The molecule has 0 radical (unpaired) electrons. The summed E-state index contributed by atoms with van der Waals surface area (Å²) in [4.78, 5) is 15.3. The van der Waals surface area contributed by atoms with Crippen LogP contribution in [-0.2, 0) is 4.79 Å². The highest BCUT2D eigenvalue weighted by molar-refractivity contribution is 5.79. The molecule has 1 heterocycles. The van der Waals surface area contributed by atoms with Crippen molar-refractivity contribution in [2.45, 2.75) is 76.8 Å². The first-order valence-electron chi connectivity index (χ1n) is 8.73. The van der Waals surface area contributed by atoms with Crippen molar-refractivity contribution in [2.75, 3.05) is 6.54 Å². The maximum Gasteiger partial charge on any atom is 0.226 e. The molecule has 3 fully saturated rings. The Labute approximate surface area is 123 Å². The minimum atomic E-state index is 0.246. The first-order chi connectivity index (χ1) is 9.66. The summed E-state index contributed by atoms with van der Waals surface area (Å²) in [6.45, 7) is 3.24. The molecule has 0 aromatic rings. The molecule has 3 rings (SSSR count). The van der Waals surface area contributed by atoms with Gasteiger partial charge < -0.3 is 10.6 Å². The second-order valence-corrected chi connectivity index (χ2v) is 7.44. The largest absolute Gasteiger partial charge is 0.339 e. The average Bonchev–Trinajstić information content (AvgIpc) is 2.46. The van der Waals surface area contributed by atoms with E-state index in [2.05, 4.69) is 11.8 Å². The third-order valence-corrected chi connectivity index (χ3v) is 6.05. The normalized spacial score (nSPS) is 42.1. The van der Waals surface area contributed by atoms with E-state index in [1.54, 1.807) is 0 Å². The van der Waals surface area contributed by atoms with E-state index in [1.807, 2.05) is 0 Å². The fourth-order valence-corrected chi connectivity index (χ4v) is 4.92. The van der Waals surface area contributed by atoms with Crippen molar-refractivity contribution >= 4 is 5.91 Å². The Hall–Kier alpha value is -0.570. The molecule has 0 aromatic carbocycles. The molecular weight excluding hydrogens is 248 g/mol. The third kappa shape index (κ3) is 2.74. The second-order valence-electron chi connectivity index (χ2n) is 7.44. The Morgan fingerprint density at radius 2 is 1.80 bits per heavy atom. The van der Waals surface area contributed by atoms with Crippen LogP contribution in [0.3, 0.4) is 0 Å². The molecule has 3 aliphatic rings. The number of carbonyl (C=O) groups is 1. The van der Waals surface area contributed by atoms with Crippen molar-refractivity contribution < 1.29 is 4.79 Å². The summed E-state index contributed by atoms with van der Waals surface area (Å²) in [6.07, 6.45) is 10.9. The van der Waals surface area contributed by atoms with Gasteiger partial charge in [0.25, 0.3) is 0 Å². The van der Waals surface area contributed by atoms with Gasteiger partial charge in [0.15, 0.2) is 0 Å². The molecule has 2 N–H and O–H groups in total. The molecule has 0 bridgehead atoms. The summed E-state index contributed by atoms with van der Waals surface area (Å²) in [5.41, 5.74) is 6.05. The van der Waals surface area contributed by atoms with Crippen LogP contribution in [0.15, 0.2) is 0 Å². The number of piperidine rings is 1. The van der Waals surface area contributed by atoms with Crippen molar-refractivity contribution in [3.05, 3.63) is 0 Å². The maximum absolute atomic E-state index is 13.0. The van der Waals surface area contributed by atoms with Crippen LogP contribution in [0, 0.1) is 17.8 Å². The van der Waals surface area contributed by atoms with Gasteiger partial charge in [-0.25, -0.2) is 0 Å². The minimum absolute atomic E-state index is 0.246. The lowest BCUT2D eigenvalue weighted by atomic mass is 9.74. The van der Waals surface area contributed by atoms with Crippen LogP contribution in [0.5, 0.6) is 0 Å². The highest BCUT2D eigenvalue weighted by atomic mass is 16.2. The fraction of sp³-hybridized carbons (Fsp3) is 0.941. The predicted octanol–water partition coefficient (Wildman–Crippen LogP) is 2.93. The Morgan fingerprint density at radius 3 is 2.60 bits per heavy atom. The first kappa shape index (κ1) is 14.4. The van der Waals surface area contributed by atoms with E-state index >= 15 is 0 Å². The number of nitrogens with two attached hydrogens (primary N) is 1. The molecule has 2 aliphatic carbocycles. The molecule has 2 saturated carbocycles. The highest BCUT2D eigenvalue weighted by Crippen LogP contribution is 2.38. The van der Waals surface area contributed by atoms with E-state index in [9.17, 15) is 4.79 Å². The van der Waals surface area contributed by atoms with Crippen LogP contribution in [0.25, 0.3) is 0 Å². The Kier molecular flexibility index (Phi) is 4.34. The summed E-state index contributed by atoms with van der Waals surface area (Å²) in [5.74, 6) is 1.97. The van der Waals surface area contributed by atoms with Crippen molar-refractivity contribution in [3.63, 3.8) is 0 Å². The summed E-state index contributed by atoms with van der Waals surface area (Å²) < 4.78 is 0. The summed E-state index contributed by atoms with van der Waals surface area (Å²) in [5, 5.41) is 0. The number of fused-ring (bicyclic) bond motifs is 1. The van der Waals surface area contributed by atoms with E-state index in [4.69, 9.17) is 5.73 Å². The molecule has 3 nitrogen and oxygen atoms in total. The fourth-order valence-electron chi connectivity index (χ4n) is 4.92. The van der Waals surface area contributed by atoms with Gasteiger partial charge >= 0.3 is 0 Å². The molecular formula is C17H30N2O. The monoisotopic (exact) mass is 278 g/mol. The second kappa shape index (κ2) is 6.05. The van der Waals surface area contributed by atoms with Crippen molar-refractivity contribution in [2.24, 2.45) is 23.5 Å². The van der Waals surface area contributed by atoms with Crippen LogP contribution in [0.1, 0.15) is 64.7 Å². The van der Waals surface area contributed by atoms with Crippen LogP contribution in [0.2, 0.25) is 0 Å². The minimum Gasteiger partial charge on any atom is -0.339 e. The number of likely N-dealkylation sites (tertiary alicyclic amines) is 1. The lowest BCUT2D eigenvalue weighted by Gasteiger charge is -2.46. The Balaban J connectivity index is 1.69.